The number of carbonyl (C=O) groups excluding carboxylic acids is 4. The molecule has 0 rings (SSSR count). The lowest BCUT2D eigenvalue weighted by Crippen LogP contribution is -2.53. The quantitative estimate of drug-likeness (QED) is 0.430. The molecule has 0 aromatic carbocycles. The van der Waals surface area contributed by atoms with Crippen molar-refractivity contribution in [1.82, 2.24) is 10.6 Å². The van der Waals surface area contributed by atoms with Crippen LogP contribution in [-0.2, 0) is 19.2 Å². The van der Waals surface area contributed by atoms with Gasteiger partial charge in [0.15, 0.2) is 5.78 Å². The van der Waals surface area contributed by atoms with Crippen molar-refractivity contribution in [3.05, 3.63) is 0 Å². The van der Waals surface area contributed by atoms with Gasteiger partial charge in [0, 0.05) is 12.5 Å². The van der Waals surface area contributed by atoms with E-state index in [2.05, 4.69) is 10.6 Å². The van der Waals surface area contributed by atoms with Gasteiger partial charge < -0.3 is 22.1 Å². The minimum atomic E-state index is -0.982. The normalized spacial score (nSPS) is 12.6. The molecule has 0 bridgehead atoms. The van der Waals surface area contributed by atoms with E-state index in [0.717, 1.165) is 0 Å². The third-order valence-electron chi connectivity index (χ3n) is 2.72. The molecule has 0 aromatic heterocycles. The summed E-state index contributed by atoms with van der Waals surface area (Å²) in [6, 6.07) is -1.90. The van der Waals surface area contributed by atoms with Gasteiger partial charge in [0.05, 0.1) is 24.9 Å². The maximum Gasteiger partial charge on any atom is 0.238 e. The summed E-state index contributed by atoms with van der Waals surface area (Å²) in [4.78, 5) is 45.8. The number of nitrogens with one attached hydrogen (secondary N) is 2. The van der Waals surface area contributed by atoms with Crippen molar-refractivity contribution in [2.24, 2.45) is 11.5 Å². The molecule has 8 heteroatoms. The Labute approximate surface area is 137 Å². The highest BCUT2D eigenvalue weighted by Crippen LogP contribution is 2.01. The van der Waals surface area contributed by atoms with E-state index >= 15 is 0 Å². The smallest absolute Gasteiger partial charge is 0.238 e. The molecular weight excluding hydrogens is 300 g/mol. The Bertz CT molecular complexity index is 410. The van der Waals surface area contributed by atoms with Gasteiger partial charge >= 0.3 is 0 Å². The van der Waals surface area contributed by atoms with E-state index < -0.39 is 29.8 Å². The van der Waals surface area contributed by atoms with Crippen LogP contribution in [0.15, 0.2) is 0 Å². The molecule has 0 fully saturated rings. The first-order chi connectivity index (χ1) is 10.7. The molecule has 0 aliphatic heterocycles. The minimum absolute atomic E-state index is 0.0587. The fraction of sp³-hybridized carbons (Fsp3) is 0.733. The van der Waals surface area contributed by atoms with Crippen LogP contribution in [0.5, 0.6) is 0 Å². The van der Waals surface area contributed by atoms with E-state index in [0.29, 0.717) is 0 Å². The van der Waals surface area contributed by atoms with Gasteiger partial charge in [-0.05, 0) is 0 Å². The summed E-state index contributed by atoms with van der Waals surface area (Å²) in [6.45, 7) is 9.23. The van der Waals surface area contributed by atoms with Crippen LogP contribution in [0.2, 0.25) is 0 Å². The van der Waals surface area contributed by atoms with E-state index in [1.807, 2.05) is 13.8 Å². The Balaban J connectivity index is 0. The molecule has 0 aliphatic carbocycles. The number of hydrogen-bond donors (Lipinski definition) is 4. The molecule has 0 spiro atoms. The number of Topliss-reactive ketones (excluding diaryl/α,β-unsaturated/α-hetero) is 1. The molecule has 0 saturated carbocycles. The van der Waals surface area contributed by atoms with Crippen molar-refractivity contribution in [3.63, 3.8) is 0 Å². The first-order valence-electron chi connectivity index (χ1n) is 7.83. The van der Waals surface area contributed by atoms with Crippen molar-refractivity contribution in [2.75, 3.05) is 0 Å². The number of primary amides is 2. The number of hydrogen-bond acceptors (Lipinski definition) is 5. The lowest BCUT2D eigenvalue weighted by atomic mass is 10.0. The first-order valence-corrected chi connectivity index (χ1v) is 7.83. The minimum Gasteiger partial charge on any atom is -0.370 e. The predicted octanol–water partition coefficient (Wildman–Crippen LogP) is -0.406. The third-order valence-corrected chi connectivity index (χ3v) is 2.72. The number of carbonyl (C=O) groups is 4. The second-order valence-corrected chi connectivity index (χ2v) is 5.10. The standard InChI is InChI=1S/C13H24N4O4.C2H6/c1-4-10(18)8(5-11(14)19)17-13(21)9(6-12(15)20)16-7(2)3;1-2/h7-9,16H,4-6H2,1-3H3,(H2,14,19)(H2,15,20)(H,17,21);1-2H3. The highest BCUT2D eigenvalue weighted by molar-refractivity contribution is 5.95. The van der Waals surface area contributed by atoms with E-state index in [9.17, 15) is 19.2 Å². The lowest BCUT2D eigenvalue weighted by molar-refractivity contribution is -0.132. The Morgan fingerprint density at radius 1 is 0.913 bits per heavy atom. The van der Waals surface area contributed by atoms with E-state index in [1.54, 1.807) is 20.8 Å². The summed E-state index contributed by atoms with van der Waals surface area (Å²) in [7, 11) is 0. The van der Waals surface area contributed by atoms with Gasteiger partial charge in [0.1, 0.15) is 0 Å². The summed E-state index contributed by atoms with van der Waals surface area (Å²) in [5.74, 6) is -2.19. The molecule has 134 valence electrons. The summed E-state index contributed by atoms with van der Waals surface area (Å²) in [5.41, 5.74) is 10.2. The molecule has 0 aliphatic rings. The maximum atomic E-state index is 12.1. The van der Waals surface area contributed by atoms with Gasteiger partial charge in [0.25, 0.3) is 0 Å². The fourth-order valence-electron chi connectivity index (χ4n) is 1.80. The second kappa shape index (κ2) is 12.6. The molecule has 0 radical (unpaired) electrons. The van der Waals surface area contributed by atoms with Crippen molar-refractivity contribution < 1.29 is 19.2 Å². The third kappa shape index (κ3) is 11.3. The van der Waals surface area contributed by atoms with Gasteiger partial charge in [-0.2, -0.15) is 0 Å². The first kappa shape index (κ1) is 23.3. The molecular formula is C15H30N4O4. The Kier molecular flexibility index (Phi) is 12.7. The summed E-state index contributed by atoms with van der Waals surface area (Å²) in [5, 5.41) is 5.34. The Hall–Kier alpha value is -1.96. The summed E-state index contributed by atoms with van der Waals surface area (Å²) < 4.78 is 0. The number of amides is 3. The molecule has 2 unspecified atom stereocenters. The van der Waals surface area contributed by atoms with E-state index in [1.165, 1.54) is 0 Å². The van der Waals surface area contributed by atoms with Crippen LogP contribution >= 0.6 is 0 Å². The molecule has 0 aromatic rings. The predicted molar refractivity (Wildman–Crippen MR) is 88.3 cm³/mol. The van der Waals surface area contributed by atoms with Gasteiger partial charge in [-0.3, -0.25) is 19.2 Å². The summed E-state index contributed by atoms with van der Waals surface area (Å²) >= 11 is 0. The topological polar surface area (TPSA) is 144 Å². The Morgan fingerprint density at radius 2 is 1.35 bits per heavy atom. The Morgan fingerprint density at radius 3 is 1.70 bits per heavy atom. The number of rotatable bonds is 10. The van der Waals surface area contributed by atoms with Crippen molar-refractivity contribution >= 4 is 23.5 Å². The molecule has 0 saturated heterocycles. The second-order valence-electron chi connectivity index (χ2n) is 5.10. The largest absolute Gasteiger partial charge is 0.370 e. The van der Waals surface area contributed by atoms with Crippen LogP contribution in [0, 0.1) is 0 Å². The fourth-order valence-corrected chi connectivity index (χ4v) is 1.80. The number of nitrogens with two attached hydrogens (primary N) is 2. The zero-order valence-electron chi connectivity index (χ0n) is 14.6. The van der Waals surface area contributed by atoms with Crippen molar-refractivity contribution in [2.45, 2.75) is 72.0 Å². The van der Waals surface area contributed by atoms with Gasteiger partial charge in [-0.15, -0.1) is 0 Å². The van der Waals surface area contributed by atoms with Gasteiger partial charge in [-0.25, -0.2) is 0 Å². The highest BCUT2D eigenvalue weighted by atomic mass is 16.2. The van der Waals surface area contributed by atoms with Crippen LogP contribution in [0.25, 0.3) is 0 Å². The zero-order chi connectivity index (χ0) is 18.6. The van der Waals surface area contributed by atoms with Crippen LogP contribution in [0.1, 0.15) is 53.9 Å². The molecule has 3 amide bonds. The maximum absolute atomic E-state index is 12.1. The van der Waals surface area contributed by atoms with Crippen LogP contribution in [0.4, 0.5) is 0 Å². The van der Waals surface area contributed by atoms with Crippen LogP contribution in [-0.4, -0.2) is 41.6 Å². The van der Waals surface area contributed by atoms with Crippen molar-refractivity contribution in [3.8, 4) is 0 Å². The number of ketones is 1. The van der Waals surface area contributed by atoms with E-state index in [4.69, 9.17) is 11.5 Å². The molecule has 23 heavy (non-hydrogen) atoms. The van der Waals surface area contributed by atoms with E-state index in [-0.39, 0.29) is 31.1 Å². The average Bonchev–Trinajstić information content (AvgIpc) is 2.45. The molecule has 2 atom stereocenters. The monoisotopic (exact) mass is 330 g/mol. The van der Waals surface area contributed by atoms with Crippen LogP contribution < -0.4 is 22.1 Å². The molecule has 8 nitrogen and oxygen atoms in total. The molecule has 0 heterocycles. The van der Waals surface area contributed by atoms with Gasteiger partial charge in [0.2, 0.25) is 17.7 Å². The highest BCUT2D eigenvalue weighted by Gasteiger charge is 2.27. The van der Waals surface area contributed by atoms with Crippen LogP contribution in [0.3, 0.4) is 0 Å². The lowest BCUT2D eigenvalue weighted by Gasteiger charge is -2.22. The van der Waals surface area contributed by atoms with Gasteiger partial charge in [-0.1, -0.05) is 34.6 Å². The summed E-state index contributed by atoms with van der Waals surface area (Å²) in [6.07, 6.45) is -0.312. The SMILES string of the molecule is CC.CCC(=O)C(CC(N)=O)NC(=O)C(CC(N)=O)NC(C)C. The average molecular weight is 330 g/mol. The molecule has 6 N–H and O–H groups in total. The van der Waals surface area contributed by atoms with Crippen molar-refractivity contribution in [1.29, 1.82) is 0 Å². The zero-order valence-corrected chi connectivity index (χ0v) is 14.6.